The quantitative estimate of drug-likeness (QED) is 0.848. The van der Waals surface area contributed by atoms with E-state index in [0.29, 0.717) is 0 Å². The first-order chi connectivity index (χ1) is 8.41. The van der Waals surface area contributed by atoms with Gasteiger partial charge >= 0.3 is 0 Å². The number of hydrogen-bond donors (Lipinski definition) is 1. The van der Waals surface area contributed by atoms with Gasteiger partial charge in [0.2, 0.25) is 11.8 Å². The first-order valence-electron chi connectivity index (χ1n) is 5.37. The molecule has 0 aliphatic heterocycles. The predicted molar refractivity (Wildman–Crippen MR) is 61.5 cm³/mol. The number of carbonyl (C=O) groups excluding carboxylic acids is 2. The lowest BCUT2D eigenvalue weighted by molar-refractivity contribution is -0.133. The Morgan fingerprint density at radius 3 is 2.33 bits per heavy atom. The van der Waals surface area contributed by atoms with E-state index >= 15 is 0 Å². The summed E-state index contributed by atoms with van der Waals surface area (Å²) in [4.78, 5) is 23.3. The second-order valence-electron chi connectivity index (χ2n) is 3.92. The summed E-state index contributed by atoms with van der Waals surface area (Å²) in [6.07, 6.45) is -0.137. The molecule has 1 rings (SSSR count). The average molecular weight is 256 g/mol. The van der Waals surface area contributed by atoms with Gasteiger partial charge in [-0.1, -0.05) is 6.07 Å². The fourth-order valence-corrected chi connectivity index (χ4v) is 1.52. The smallest absolute Gasteiger partial charge is 0.237 e. The molecule has 0 fully saturated rings. The number of benzene rings is 1. The SMILES string of the molecule is CN(CC(N)=O)C(=O)CCc1c(F)cccc1F. The summed E-state index contributed by atoms with van der Waals surface area (Å²) in [6.45, 7) is -0.210. The number of carbonyl (C=O) groups is 2. The van der Waals surface area contributed by atoms with Gasteiger partial charge < -0.3 is 10.6 Å². The molecular weight excluding hydrogens is 242 g/mol. The van der Waals surface area contributed by atoms with Gasteiger partial charge in [0.15, 0.2) is 0 Å². The number of nitrogens with two attached hydrogens (primary N) is 1. The number of primary amides is 1. The predicted octanol–water partition coefficient (Wildman–Crippen LogP) is 0.841. The number of hydrogen-bond acceptors (Lipinski definition) is 2. The molecule has 98 valence electrons. The molecule has 2 N–H and O–H groups in total. The lowest BCUT2D eigenvalue weighted by Gasteiger charge is -2.15. The van der Waals surface area contributed by atoms with E-state index in [4.69, 9.17) is 5.73 Å². The summed E-state index contributed by atoms with van der Waals surface area (Å²) in [6, 6.07) is 3.53. The van der Waals surface area contributed by atoms with Gasteiger partial charge in [0, 0.05) is 19.0 Å². The van der Waals surface area contributed by atoms with Gasteiger partial charge in [-0.3, -0.25) is 9.59 Å². The molecule has 0 saturated carbocycles. The van der Waals surface area contributed by atoms with E-state index in [2.05, 4.69) is 0 Å². The van der Waals surface area contributed by atoms with Crippen molar-refractivity contribution in [2.75, 3.05) is 13.6 Å². The van der Waals surface area contributed by atoms with Gasteiger partial charge in [-0.25, -0.2) is 8.78 Å². The molecule has 0 aliphatic carbocycles. The molecule has 4 nitrogen and oxygen atoms in total. The maximum absolute atomic E-state index is 13.3. The minimum atomic E-state index is -0.680. The zero-order valence-electron chi connectivity index (χ0n) is 9.95. The van der Waals surface area contributed by atoms with Gasteiger partial charge in [0.1, 0.15) is 11.6 Å². The second-order valence-corrected chi connectivity index (χ2v) is 3.92. The van der Waals surface area contributed by atoms with E-state index in [0.717, 1.165) is 17.0 Å². The third kappa shape index (κ3) is 3.80. The van der Waals surface area contributed by atoms with Gasteiger partial charge in [0.25, 0.3) is 0 Å². The molecule has 0 aromatic heterocycles. The van der Waals surface area contributed by atoms with Gasteiger partial charge in [-0.05, 0) is 18.6 Å². The molecule has 0 unspecified atom stereocenters. The molecule has 2 amide bonds. The molecule has 0 aliphatic rings. The maximum atomic E-state index is 13.3. The molecule has 0 bridgehead atoms. The number of amides is 2. The van der Waals surface area contributed by atoms with E-state index in [-0.39, 0.29) is 24.9 Å². The van der Waals surface area contributed by atoms with Crippen LogP contribution in [0.15, 0.2) is 18.2 Å². The Kier molecular flexibility index (Phi) is 4.76. The molecule has 1 aromatic carbocycles. The lowest BCUT2D eigenvalue weighted by Crippen LogP contribution is -2.35. The topological polar surface area (TPSA) is 63.4 Å². The van der Waals surface area contributed by atoms with Crippen LogP contribution >= 0.6 is 0 Å². The number of rotatable bonds is 5. The molecule has 18 heavy (non-hydrogen) atoms. The van der Waals surface area contributed by atoms with Crippen molar-refractivity contribution < 1.29 is 18.4 Å². The summed E-state index contributed by atoms with van der Waals surface area (Å²) in [5, 5.41) is 0. The minimum Gasteiger partial charge on any atom is -0.368 e. The van der Waals surface area contributed by atoms with Crippen molar-refractivity contribution in [2.45, 2.75) is 12.8 Å². The monoisotopic (exact) mass is 256 g/mol. The summed E-state index contributed by atoms with van der Waals surface area (Å²) in [5.41, 5.74) is 4.81. The zero-order chi connectivity index (χ0) is 13.7. The molecular formula is C12H14F2N2O2. The van der Waals surface area contributed by atoms with E-state index in [1.165, 1.54) is 13.1 Å². The third-order valence-corrected chi connectivity index (χ3v) is 2.47. The average Bonchev–Trinajstić information content (AvgIpc) is 2.27. The normalized spacial score (nSPS) is 10.2. The third-order valence-electron chi connectivity index (χ3n) is 2.47. The molecule has 1 aromatic rings. The Balaban J connectivity index is 2.60. The lowest BCUT2D eigenvalue weighted by atomic mass is 10.1. The highest BCUT2D eigenvalue weighted by Gasteiger charge is 2.14. The first-order valence-corrected chi connectivity index (χ1v) is 5.37. The fourth-order valence-electron chi connectivity index (χ4n) is 1.52. The van der Waals surface area contributed by atoms with Crippen molar-refractivity contribution in [3.63, 3.8) is 0 Å². The summed E-state index contributed by atoms with van der Waals surface area (Å²) < 4.78 is 26.5. The maximum Gasteiger partial charge on any atom is 0.237 e. The highest BCUT2D eigenvalue weighted by Crippen LogP contribution is 2.14. The summed E-state index contributed by atoms with van der Waals surface area (Å²) >= 11 is 0. The number of likely N-dealkylation sites (N-methyl/N-ethyl adjacent to an activating group) is 1. The van der Waals surface area contributed by atoms with Gasteiger partial charge in [-0.15, -0.1) is 0 Å². The molecule has 0 spiro atoms. The first kappa shape index (κ1) is 14.1. The van der Waals surface area contributed by atoms with Crippen LogP contribution in [-0.4, -0.2) is 30.3 Å². The second kappa shape index (κ2) is 6.09. The van der Waals surface area contributed by atoms with E-state index in [1.54, 1.807) is 0 Å². The summed E-state index contributed by atoms with van der Waals surface area (Å²) in [5.74, 6) is -2.39. The van der Waals surface area contributed by atoms with Crippen LogP contribution < -0.4 is 5.73 Å². The zero-order valence-corrected chi connectivity index (χ0v) is 9.95. The molecule has 0 saturated heterocycles. The van der Waals surface area contributed by atoms with Crippen LogP contribution in [0.2, 0.25) is 0 Å². The van der Waals surface area contributed by atoms with Crippen molar-refractivity contribution in [1.82, 2.24) is 4.90 Å². The molecule has 0 heterocycles. The van der Waals surface area contributed by atoms with E-state index < -0.39 is 23.4 Å². The van der Waals surface area contributed by atoms with Gasteiger partial charge in [0.05, 0.1) is 6.54 Å². The van der Waals surface area contributed by atoms with Crippen molar-refractivity contribution >= 4 is 11.8 Å². The van der Waals surface area contributed by atoms with Crippen molar-refractivity contribution in [3.8, 4) is 0 Å². The Morgan fingerprint density at radius 1 is 1.28 bits per heavy atom. The molecule has 0 atom stereocenters. The van der Waals surface area contributed by atoms with Crippen molar-refractivity contribution in [3.05, 3.63) is 35.4 Å². The van der Waals surface area contributed by atoms with E-state index in [9.17, 15) is 18.4 Å². The molecule has 0 radical (unpaired) electrons. The van der Waals surface area contributed by atoms with Crippen molar-refractivity contribution in [1.29, 1.82) is 0 Å². The Labute approximate surface area is 103 Å². The van der Waals surface area contributed by atoms with Crippen LogP contribution in [0.5, 0.6) is 0 Å². The van der Waals surface area contributed by atoms with Gasteiger partial charge in [-0.2, -0.15) is 0 Å². The van der Waals surface area contributed by atoms with Crippen LogP contribution in [0.3, 0.4) is 0 Å². The van der Waals surface area contributed by atoms with Crippen LogP contribution in [0.4, 0.5) is 8.78 Å². The van der Waals surface area contributed by atoms with E-state index in [1.807, 2.05) is 0 Å². The Morgan fingerprint density at radius 2 is 1.83 bits per heavy atom. The van der Waals surface area contributed by atoms with Crippen LogP contribution in [-0.2, 0) is 16.0 Å². The number of halogens is 2. The molecule has 6 heteroatoms. The number of nitrogens with zero attached hydrogens (tertiary/aromatic N) is 1. The summed E-state index contributed by atoms with van der Waals surface area (Å²) in [7, 11) is 1.41. The van der Waals surface area contributed by atoms with Crippen LogP contribution in [0, 0.1) is 11.6 Å². The van der Waals surface area contributed by atoms with Crippen LogP contribution in [0.25, 0.3) is 0 Å². The minimum absolute atomic E-state index is 0.0551. The van der Waals surface area contributed by atoms with Crippen LogP contribution in [0.1, 0.15) is 12.0 Å². The highest BCUT2D eigenvalue weighted by molar-refractivity contribution is 5.83. The Bertz CT molecular complexity index is 443. The Hall–Kier alpha value is -1.98. The van der Waals surface area contributed by atoms with Crippen molar-refractivity contribution in [2.24, 2.45) is 5.73 Å². The highest BCUT2D eigenvalue weighted by atomic mass is 19.1. The largest absolute Gasteiger partial charge is 0.368 e. The standard InChI is InChI=1S/C12H14F2N2O2/c1-16(7-11(15)17)12(18)6-5-8-9(13)3-2-4-10(8)14/h2-4H,5-7H2,1H3,(H2,15,17). The fraction of sp³-hybridized carbons (Fsp3) is 0.333.